The maximum absolute atomic E-state index is 11.2. The second-order valence-electron chi connectivity index (χ2n) is 2.79. The van der Waals surface area contributed by atoms with Gasteiger partial charge in [-0.2, -0.15) is 0 Å². The minimum absolute atomic E-state index is 0.00463. The molecule has 1 aliphatic rings. The molecule has 1 rings (SSSR count). The van der Waals surface area contributed by atoms with Crippen molar-refractivity contribution in [1.82, 2.24) is 4.90 Å². The van der Waals surface area contributed by atoms with Gasteiger partial charge in [-0.1, -0.05) is 0 Å². The Morgan fingerprint density at radius 2 is 2.00 bits per heavy atom. The van der Waals surface area contributed by atoms with E-state index in [0.717, 1.165) is 25.9 Å². The molecule has 1 heterocycles. The number of likely N-dealkylation sites (tertiary alicyclic amines) is 1. The van der Waals surface area contributed by atoms with Gasteiger partial charge in [-0.25, -0.2) is 0 Å². The van der Waals surface area contributed by atoms with E-state index < -0.39 is 0 Å². The maximum atomic E-state index is 11.2. The Hall–Kier alpha value is -1.06. The highest BCUT2D eigenvalue weighted by molar-refractivity contribution is 5.97. The molecule has 0 aromatic heterocycles. The highest BCUT2D eigenvalue weighted by Gasteiger charge is 2.17. The normalized spacial score (nSPS) is 16.9. The highest BCUT2D eigenvalue weighted by Crippen LogP contribution is 2.08. The molecule has 4 nitrogen and oxygen atoms in total. The van der Waals surface area contributed by atoms with Gasteiger partial charge < -0.3 is 10.6 Å². The van der Waals surface area contributed by atoms with E-state index in [-0.39, 0.29) is 18.2 Å². The van der Waals surface area contributed by atoms with Gasteiger partial charge >= 0.3 is 0 Å². The molecule has 0 aromatic rings. The van der Waals surface area contributed by atoms with Crippen molar-refractivity contribution in [2.45, 2.75) is 19.3 Å². The Bertz CT molecular complexity index is 173. The van der Waals surface area contributed by atoms with Crippen molar-refractivity contribution < 1.29 is 4.79 Å². The van der Waals surface area contributed by atoms with E-state index >= 15 is 0 Å². The lowest BCUT2D eigenvalue weighted by molar-refractivity contribution is -0.128. The van der Waals surface area contributed by atoms with Crippen LogP contribution in [0.15, 0.2) is 0 Å². The van der Waals surface area contributed by atoms with Gasteiger partial charge in [0.2, 0.25) is 5.91 Å². The van der Waals surface area contributed by atoms with Crippen LogP contribution < -0.4 is 5.73 Å². The molecule has 0 bridgehead atoms. The first-order valence-corrected chi connectivity index (χ1v) is 3.81. The van der Waals surface area contributed by atoms with Crippen LogP contribution in [0.2, 0.25) is 0 Å². The number of rotatable bonds is 2. The number of nitrogens with zero attached hydrogens (tertiary/aromatic N) is 1. The molecule has 0 radical (unpaired) electrons. The average Bonchev–Trinajstić information content (AvgIpc) is 2.35. The average molecular weight is 155 g/mol. The van der Waals surface area contributed by atoms with E-state index in [1.165, 1.54) is 0 Å². The summed E-state index contributed by atoms with van der Waals surface area (Å²) in [6.45, 7) is 1.68. The van der Waals surface area contributed by atoms with Crippen LogP contribution in [-0.4, -0.2) is 29.7 Å². The Morgan fingerprint density at radius 3 is 2.45 bits per heavy atom. The molecule has 3 N–H and O–H groups in total. The van der Waals surface area contributed by atoms with Crippen LogP contribution in [0, 0.1) is 5.41 Å². The largest absolute Gasteiger partial charge is 0.387 e. The van der Waals surface area contributed by atoms with Crippen molar-refractivity contribution in [2.75, 3.05) is 13.1 Å². The molecular formula is C7H13N3O. The zero-order valence-electron chi connectivity index (χ0n) is 6.47. The van der Waals surface area contributed by atoms with Gasteiger partial charge in [0, 0.05) is 13.1 Å². The SMILES string of the molecule is N=C(N)CC(=O)N1CCCC1. The summed E-state index contributed by atoms with van der Waals surface area (Å²) in [5.74, 6) is -0.0445. The van der Waals surface area contributed by atoms with Crippen molar-refractivity contribution in [3.8, 4) is 0 Å². The first kappa shape index (κ1) is 8.04. The van der Waals surface area contributed by atoms with Gasteiger partial charge in [0.15, 0.2) is 0 Å². The van der Waals surface area contributed by atoms with Crippen molar-refractivity contribution >= 4 is 11.7 Å². The van der Waals surface area contributed by atoms with Crippen molar-refractivity contribution in [1.29, 1.82) is 5.41 Å². The fourth-order valence-electron chi connectivity index (χ4n) is 1.24. The van der Waals surface area contributed by atoms with E-state index in [4.69, 9.17) is 11.1 Å². The van der Waals surface area contributed by atoms with Crippen LogP contribution in [0.3, 0.4) is 0 Å². The van der Waals surface area contributed by atoms with Crippen LogP contribution in [0.4, 0.5) is 0 Å². The number of nitrogens with one attached hydrogen (secondary N) is 1. The molecule has 0 aromatic carbocycles. The monoisotopic (exact) mass is 155 g/mol. The molecule has 0 saturated carbocycles. The van der Waals surface area contributed by atoms with E-state index in [0.29, 0.717) is 0 Å². The van der Waals surface area contributed by atoms with Crippen LogP contribution in [0.5, 0.6) is 0 Å². The highest BCUT2D eigenvalue weighted by atomic mass is 16.2. The Labute approximate surface area is 65.9 Å². The number of amides is 1. The number of nitrogens with two attached hydrogens (primary N) is 1. The van der Waals surface area contributed by atoms with Crippen molar-refractivity contribution in [3.63, 3.8) is 0 Å². The summed E-state index contributed by atoms with van der Waals surface area (Å²) in [6, 6.07) is 0. The molecule has 62 valence electrons. The van der Waals surface area contributed by atoms with E-state index in [1.807, 2.05) is 0 Å². The fourth-order valence-corrected chi connectivity index (χ4v) is 1.24. The quantitative estimate of drug-likeness (QED) is 0.433. The number of hydrogen-bond donors (Lipinski definition) is 2. The summed E-state index contributed by atoms with van der Waals surface area (Å²) >= 11 is 0. The lowest BCUT2D eigenvalue weighted by atomic mass is 10.3. The fraction of sp³-hybridized carbons (Fsp3) is 0.714. The number of amidine groups is 1. The van der Waals surface area contributed by atoms with Crippen LogP contribution in [0.1, 0.15) is 19.3 Å². The molecule has 1 amide bonds. The zero-order chi connectivity index (χ0) is 8.27. The predicted octanol–water partition coefficient (Wildman–Crippen LogP) is -0.0651. The minimum atomic E-state index is -0.0399. The topological polar surface area (TPSA) is 70.2 Å². The van der Waals surface area contributed by atoms with Gasteiger partial charge in [0.25, 0.3) is 0 Å². The number of carbonyl (C=O) groups is 1. The van der Waals surface area contributed by atoms with Crippen LogP contribution in [-0.2, 0) is 4.79 Å². The summed E-state index contributed by atoms with van der Waals surface area (Å²) in [6.07, 6.45) is 2.26. The molecule has 0 atom stereocenters. The summed E-state index contributed by atoms with van der Waals surface area (Å²) in [5, 5.41) is 6.92. The van der Waals surface area contributed by atoms with Crippen molar-refractivity contribution in [2.24, 2.45) is 5.73 Å². The second-order valence-corrected chi connectivity index (χ2v) is 2.79. The van der Waals surface area contributed by atoms with Crippen LogP contribution in [0.25, 0.3) is 0 Å². The third-order valence-electron chi connectivity index (χ3n) is 1.80. The molecule has 4 heteroatoms. The van der Waals surface area contributed by atoms with E-state index in [1.54, 1.807) is 4.90 Å². The Balaban J connectivity index is 2.34. The van der Waals surface area contributed by atoms with Gasteiger partial charge in [-0.3, -0.25) is 10.2 Å². The first-order chi connectivity index (χ1) is 5.20. The van der Waals surface area contributed by atoms with Crippen LogP contribution >= 0.6 is 0 Å². The minimum Gasteiger partial charge on any atom is -0.387 e. The molecule has 0 aliphatic carbocycles. The third kappa shape index (κ3) is 2.22. The molecule has 1 aliphatic heterocycles. The molecule has 0 unspecified atom stereocenters. The second kappa shape index (κ2) is 3.37. The molecular weight excluding hydrogens is 142 g/mol. The maximum Gasteiger partial charge on any atom is 0.230 e. The molecule has 1 saturated heterocycles. The van der Waals surface area contributed by atoms with E-state index in [9.17, 15) is 4.79 Å². The lowest BCUT2D eigenvalue weighted by Crippen LogP contribution is -2.31. The molecule has 0 spiro atoms. The lowest BCUT2D eigenvalue weighted by Gasteiger charge is -2.13. The summed E-state index contributed by atoms with van der Waals surface area (Å²) in [7, 11) is 0. The third-order valence-corrected chi connectivity index (χ3v) is 1.80. The van der Waals surface area contributed by atoms with Gasteiger partial charge in [-0.15, -0.1) is 0 Å². The van der Waals surface area contributed by atoms with E-state index in [2.05, 4.69) is 0 Å². The molecule has 11 heavy (non-hydrogen) atoms. The smallest absolute Gasteiger partial charge is 0.230 e. The van der Waals surface area contributed by atoms with Gasteiger partial charge in [0.1, 0.15) is 0 Å². The van der Waals surface area contributed by atoms with Gasteiger partial charge in [-0.05, 0) is 12.8 Å². The number of carbonyl (C=O) groups excluding carboxylic acids is 1. The summed E-state index contributed by atoms with van der Waals surface area (Å²) in [4.78, 5) is 12.9. The van der Waals surface area contributed by atoms with Crippen molar-refractivity contribution in [3.05, 3.63) is 0 Å². The summed E-state index contributed by atoms with van der Waals surface area (Å²) in [5.41, 5.74) is 5.10. The van der Waals surface area contributed by atoms with Gasteiger partial charge in [0.05, 0.1) is 12.3 Å². The Morgan fingerprint density at radius 1 is 1.45 bits per heavy atom. The zero-order valence-corrected chi connectivity index (χ0v) is 6.47. The molecule has 1 fully saturated rings. The Kier molecular flexibility index (Phi) is 2.46. The first-order valence-electron chi connectivity index (χ1n) is 3.81. The summed E-state index contributed by atoms with van der Waals surface area (Å²) < 4.78 is 0. The number of hydrogen-bond acceptors (Lipinski definition) is 2. The standard InChI is InChI=1S/C7H13N3O/c8-6(9)5-7(11)10-3-1-2-4-10/h1-5H2,(H3,8,9). The predicted molar refractivity (Wildman–Crippen MR) is 42.3 cm³/mol.